The van der Waals surface area contributed by atoms with Gasteiger partial charge in [0, 0.05) is 12.5 Å². The zero-order chi connectivity index (χ0) is 14.3. The van der Waals surface area contributed by atoms with Gasteiger partial charge in [-0.25, -0.2) is 0 Å². The lowest BCUT2D eigenvalue weighted by molar-refractivity contribution is -0.139. The Labute approximate surface area is 116 Å². The summed E-state index contributed by atoms with van der Waals surface area (Å²) < 4.78 is 0. The molecule has 1 saturated carbocycles. The lowest BCUT2D eigenvalue weighted by atomic mass is 9.97. The molecule has 3 atom stereocenters. The van der Waals surface area contributed by atoms with Crippen LogP contribution in [0.1, 0.15) is 46.0 Å². The molecule has 1 aliphatic carbocycles. The maximum absolute atomic E-state index is 11.0. The molecule has 3 unspecified atom stereocenters. The number of allylic oxidation sites excluding steroid dienone is 4. The molecule has 0 radical (unpaired) electrons. The highest BCUT2D eigenvalue weighted by molar-refractivity contribution is 5.75. The summed E-state index contributed by atoms with van der Waals surface area (Å²) in [4.78, 5) is 11.0. The Morgan fingerprint density at radius 3 is 2.21 bits per heavy atom. The molecule has 3 nitrogen and oxygen atoms in total. The molecule has 19 heavy (non-hydrogen) atoms. The molecule has 2 N–H and O–H groups in total. The molecule has 0 aliphatic heterocycles. The molecule has 0 saturated heterocycles. The highest BCUT2D eigenvalue weighted by atomic mass is 16.4. The summed E-state index contributed by atoms with van der Waals surface area (Å²) >= 11 is 0. The zero-order valence-electron chi connectivity index (χ0n) is 12.0. The Morgan fingerprint density at radius 1 is 1.16 bits per heavy atom. The molecule has 108 valence electrons. The van der Waals surface area contributed by atoms with Crippen LogP contribution in [0, 0.1) is 17.3 Å². The maximum atomic E-state index is 11.0. The van der Waals surface area contributed by atoms with Gasteiger partial charge in [0.15, 0.2) is 0 Å². The van der Waals surface area contributed by atoms with Crippen LogP contribution in [0.2, 0.25) is 0 Å². The Bertz CT molecular complexity index is 346. The van der Waals surface area contributed by atoms with Gasteiger partial charge < -0.3 is 10.2 Å². The van der Waals surface area contributed by atoms with Gasteiger partial charge in [-0.3, -0.25) is 4.79 Å². The molecule has 0 bridgehead atoms. The van der Waals surface area contributed by atoms with E-state index in [1.165, 1.54) is 0 Å². The number of aliphatic carboxylic acids is 1. The van der Waals surface area contributed by atoms with Crippen LogP contribution in [0.15, 0.2) is 24.3 Å². The molecule has 0 aromatic rings. The maximum Gasteiger partial charge on any atom is 0.307 e. The van der Waals surface area contributed by atoms with Crippen molar-refractivity contribution in [1.82, 2.24) is 0 Å². The van der Waals surface area contributed by atoms with Crippen molar-refractivity contribution in [2.75, 3.05) is 6.61 Å². The van der Waals surface area contributed by atoms with Gasteiger partial charge in [-0.15, -0.1) is 0 Å². The van der Waals surface area contributed by atoms with Crippen molar-refractivity contribution < 1.29 is 15.0 Å². The summed E-state index contributed by atoms with van der Waals surface area (Å²) in [7, 11) is 0. The van der Waals surface area contributed by atoms with Gasteiger partial charge in [0.05, 0.1) is 5.92 Å². The predicted molar refractivity (Wildman–Crippen MR) is 76.8 cm³/mol. The van der Waals surface area contributed by atoms with E-state index in [1.807, 2.05) is 6.92 Å². The van der Waals surface area contributed by atoms with E-state index >= 15 is 0 Å². The lowest BCUT2D eigenvalue weighted by Crippen LogP contribution is -2.06. The molecule has 0 amide bonds. The van der Waals surface area contributed by atoms with Crippen LogP contribution in [-0.4, -0.2) is 22.8 Å². The summed E-state index contributed by atoms with van der Waals surface area (Å²) in [5.41, 5.74) is -0.215. The summed E-state index contributed by atoms with van der Waals surface area (Å²) in [6.45, 7) is 4.09. The molecule has 0 spiro atoms. The van der Waals surface area contributed by atoms with Crippen molar-refractivity contribution in [1.29, 1.82) is 0 Å². The molecule has 3 heteroatoms. The first-order chi connectivity index (χ1) is 9.07. The minimum atomic E-state index is -0.768. The van der Waals surface area contributed by atoms with Crippen LogP contribution in [0.3, 0.4) is 0 Å². The van der Waals surface area contributed by atoms with Crippen LogP contribution in [0.5, 0.6) is 0 Å². The fourth-order valence-electron chi connectivity index (χ4n) is 2.88. The number of carbonyl (C=O) groups is 1. The van der Waals surface area contributed by atoms with Crippen molar-refractivity contribution in [2.45, 2.75) is 46.0 Å². The predicted octanol–water partition coefficient (Wildman–Crippen LogP) is 3.40. The molecular weight excluding hydrogens is 240 g/mol. The van der Waals surface area contributed by atoms with Crippen LogP contribution in [0.4, 0.5) is 0 Å². The molecular formula is C16H26O3. The number of unbranched alkanes of at least 4 members (excludes halogenated alkanes) is 1. The Kier molecular flexibility index (Phi) is 6.29. The largest absolute Gasteiger partial charge is 0.481 e. The number of rotatable bonds is 9. The average Bonchev–Trinajstić information content (AvgIpc) is 2.98. The molecule has 0 aromatic carbocycles. The van der Waals surface area contributed by atoms with Crippen LogP contribution in [-0.2, 0) is 4.79 Å². The fraction of sp³-hybridized carbons (Fsp3) is 0.688. The lowest BCUT2D eigenvalue weighted by Gasteiger charge is -2.08. The van der Waals surface area contributed by atoms with E-state index in [4.69, 9.17) is 5.11 Å². The molecule has 1 rings (SSSR count). The third kappa shape index (κ3) is 4.20. The van der Waals surface area contributed by atoms with Crippen molar-refractivity contribution in [3.63, 3.8) is 0 Å². The van der Waals surface area contributed by atoms with Gasteiger partial charge in [-0.05, 0) is 37.5 Å². The molecule has 1 fully saturated rings. The third-order valence-corrected chi connectivity index (χ3v) is 4.23. The summed E-state index contributed by atoms with van der Waals surface area (Å²) in [5.74, 6) is -1.19. The van der Waals surface area contributed by atoms with Crippen molar-refractivity contribution in [3.8, 4) is 0 Å². The minimum absolute atomic E-state index is 0.0149. The fourth-order valence-corrected chi connectivity index (χ4v) is 2.88. The zero-order valence-corrected chi connectivity index (χ0v) is 12.0. The second-order valence-corrected chi connectivity index (χ2v) is 5.58. The SMILES string of the molecule is CCC=CCCC=CCCC1(C)C(CO)C1C(=O)O. The van der Waals surface area contributed by atoms with E-state index in [1.54, 1.807) is 0 Å². The highest BCUT2D eigenvalue weighted by Crippen LogP contribution is 2.61. The summed E-state index contributed by atoms with van der Waals surface area (Å²) in [6.07, 6.45) is 13.6. The Hall–Kier alpha value is -1.09. The van der Waals surface area contributed by atoms with Gasteiger partial charge in [-0.2, -0.15) is 0 Å². The van der Waals surface area contributed by atoms with Gasteiger partial charge in [0.1, 0.15) is 0 Å². The monoisotopic (exact) mass is 266 g/mol. The van der Waals surface area contributed by atoms with Crippen molar-refractivity contribution in [2.24, 2.45) is 17.3 Å². The third-order valence-electron chi connectivity index (χ3n) is 4.23. The topological polar surface area (TPSA) is 57.5 Å². The number of hydrogen-bond donors (Lipinski definition) is 2. The van der Waals surface area contributed by atoms with Crippen LogP contribution < -0.4 is 0 Å². The van der Waals surface area contributed by atoms with Crippen LogP contribution >= 0.6 is 0 Å². The van der Waals surface area contributed by atoms with Crippen molar-refractivity contribution in [3.05, 3.63) is 24.3 Å². The number of hydrogen-bond acceptors (Lipinski definition) is 2. The first-order valence-electron chi connectivity index (χ1n) is 7.21. The van der Waals surface area contributed by atoms with E-state index in [-0.39, 0.29) is 23.9 Å². The second kappa shape index (κ2) is 7.49. The van der Waals surface area contributed by atoms with E-state index in [0.29, 0.717) is 0 Å². The van der Waals surface area contributed by atoms with Gasteiger partial charge in [0.2, 0.25) is 0 Å². The second-order valence-electron chi connectivity index (χ2n) is 5.58. The summed E-state index contributed by atoms with van der Waals surface area (Å²) in [5, 5.41) is 18.3. The minimum Gasteiger partial charge on any atom is -0.481 e. The van der Waals surface area contributed by atoms with Crippen molar-refractivity contribution >= 4 is 5.97 Å². The first kappa shape index (κ1) is 16.0. The number of aliphatic hydroxyl groups is 1. The first-order valence-corrected chi connectivity index (χ1v) is 7.21. The van der Waals surface area contributed by atoms with Crippen LogP contribution in [0.25, 0.3) is 0 Å². The van der Waals surface area contributed by atoms with E-state index < -0.39 is 5.97 Å². The normalized spacial score (nSPS) is 30.3. The van der Waals surface area contributed by atoms with E-state index in [2.05, 4.69) is 31.2 Å². The number of carboxylic acid groups (broad SMARTS) is 1. The highest BCUT2D eigenvalue weighted by Gasteiger charge is 2.63. The van der Waals surface area contributed by atoms with Gasteiger partial charge in [0.25, 0.3) is 0 Å². The van der Waals surface area contributed by atoms with E-state index in [0.717, 1.165) is 32.1 Å². The Balaban J connectivity index is 2.24. The smallest absolute Gasteiger partial charge is 0.307 e. The van der Waals surface area contributed by atoms with Gasteiger partial charge >= 0.3 is 5.97 Å². The quantitative estimate of drug-likeness (QED) is 0.497. The number of aliphatic hydroxyl groups excluding tert-OH is 1. The molecule has 0 aromatic heterocycles. The summed E-state index contributed by atoms with van der Waals surface area (Å²) in [6, 6.07) is 0. The molecule has 1 aliphatic rings. The average molecular weight is 266 g/mol. The standard InChI is InChI=1S/C16H26O3/c1-3-4-5-6-7-8-9-10-11-16(2)13(12-17)14(16)15(18)19/h4-5,8-9,13-14,17H,3,6-7,10-12H2,1-2H3,(H,18,19). The number of carboxylic acids is 1. The van der Waals surface area contributed by atoms with E-state index in [9.17, 15) is 9.90 Å². The Morgan fingerprint density at radius 2 is 1.74 bits per heavy atom. The molecule has 0 heterocycles. The van der Waals surface area contributed by atoms with Gasteiger partial charge in [-0.1, -0.05) is 38.2 Å².